The smallest absolute Gasteiger partial charge is 0.223 e. The van der Waals surface area contributed by atoms with Crippen LogP contribution in [0.1, 0.15) is 36.6 Å². The molecule has 0 aliphatic rings. The van der Waals surface area contributed by atoms with Crippen LogP contribution in [0.2, 0.25) is 0 Å². The largest absolute Gasteiger partial charge is 0.439 e. The lowest BCUT2D eigenvalue weighted by atomic mass is 10.1. The highest BCUT2D eigenvalue weighted by Gasteiger charge is 2.10. The van der Waals surface area contributed by atoms with Crippen molar-refractivity contribution in [3.63, 3.8) is 0 Å². The van der Waals surface area contributed by atoms with Crippen molar-refractivity contribution < 1.29 is 9.13 Å². The van der Waals surface area contributed by atoms with Gasteiger partial charge < -0.3 is 4.74 Å². The molecule has 3 rings (SSSR count). The maximum Gasteiger partial charge on any atom is 0.223 e. The first-order chi connectivity index (χ1) is 12.5. The molecule has 0 radical (unpaired) electrons. The molecule has 0 saturated carbocycles. The average molecular weight is 368 g/mol. The van der Waals surface area contributed by atoms with Gasteiger partial charge in [-0.2, -0.15) is 4.98 Å². The first-order valence-corrected chi connectivity index (χ1v) is 9.49. The van der Waals surface area contributed by atoms with Crippen molar-refractivity contribution >= 4 is 11.8 Å². The van der Waals surface area contributed by atoms with Crippen molar-refractivity contribution in [1.82, 2.24) is 9.97 Å². The van der Waals surface area contributed by atoms with Gasteiger partial charge in [-0.3, -0.25) is 0 Å². The number of aryl methyl sites for hydroxylation is 1. The van der Waals surface area contributed by atoms with Gasteiger partial charge in [-0.05, 0) is 48.2 Å². The van der Waals surface area contributed by atoms with Crippen molar-refractivity contribution in [3.8, 4) is 11.6 Å². The molecule has 5 heteroatoms. The van der Waals surface area contributed by atoms with Crippen LogP contribution < -0.4 is 4.74 Å². The fourth-order valence-electron chi connectivity index (χ4n) is 2.36. The lowest BCUT2D eigenvalue weighted by molar-refractivity contribution is 0.452. The maximum atomic E-state index is 13.0. The van der Waals surface area contributed by atoms with Gasteiger partial charge in [0, 0.05) is 11.8 Å². The van der Waals surface area contributed by atoms with E-state index in [-0.39, 0.29) is 11.7 Å². The van der Waals surface area contributed by atoms with E-state index in [1.807, 2.05) is 37.3 Å². The number of rotatable bonds is 6. The van der Waals surface area contributed by atoms with Gasteiger partial charge in [0.15, 0.2) is 5.16 Å². The molecule has 0 N–H and O–H groups in total. The van der Waals surface area contributed by atoms with Gasteiger partial charge in [0.05, 0.1) is 5.69 Å². The number of nitrogens with zero attached hydrogens (tertiary/aromatic N) is 2. The molecular weight excluding hydrogens is 347 g/mol. The van der Waals surface area contributed by atoms with Crippen molar-refractivity contribution in [1.29, 1.82) is 0 Å². The average Bonchev–Trinajstić information content (AvgIpc) is 2.61. The van der Waals surface area contributed by atoms with Crippen molar-refractivity contribution in [2.45, 2.75) is 37.6 Å². The van der Waals surface area contributed by atoms with E-state index in [9.17, 15) is 4.39 Å². The fraction of sp³-hybridized carbons (Fsp3) is 0.238. The zero-order chi connectivity index (χ0) is 18.5. The molecule has 26 heavy (non-hydrogen) atoms. The molecule has 0 bridgehead atoms. The van der Waals surface area contributed by atoms with Crippen LogP contribution in [0.25, 0.3) is 0 Å². The number of halogens is 1. The summed E-state index contributed by atoms with van der Waals surface area (Å²) in [7, 11) is 0. The van der Waals surface area contributed by atoms with Crippen LogP contribution in [0, 0.1) is 12.7 Å². The third kappa shape index (κ3) is 5.05. The van der Waals surface area contributed by atoms with Crippen molar-refractivity contribution in [2.75, 3.05) is 0 Å². The van der Waals surface area contributed by atoms with Gasteiger partial charge >= 0.3 is 0 Å². The van der Waals surface area contributed by atoms with Crippen LogP contribution in [0.3, 0.4) is 0 Å². The van der Waals surface area contributed by atoms with E-state index in [4.69, 9.17) is 4.74 Å². The highest BCUT2D eigenvalue weighted by atomic mass is 32.2. The van der Waals surface area contributed by atoms with Crippen LogP contribution in [0.5, 0.6) is 11.6 Å². The molecule has 0 fully saturated rings. The minimum atomic E-state index is -0.231. The summed E-state index contributed by atoms with van der Waals surface area (Å²) >= 11 is 1.51. The molecule has 1 aromatic heterocycles. The van der Waals surface area contributed by atoms with Crippen LogP contribution in [-0.4, -0.2) is 9.97 Å². The van der Waals surface area contributed by atoms with E-state index in [0.717, 1.165) is 22.6 Å². The summed E-state index contributed by atoms with van der Waals surface area (Å²) in [6, 6.07) is 16.2. The van der Waals surface area contributed by atoms with Gasteiger partial charge in [0.1, 0.15) is 11.6 Å². The van der Waals surface area contributed by atoms with E-state index in [2.05, 4.69) is 23.8 Å². The predicted molar refractivity (Wildman–Crippen MR) is 103 cm³/mol. The van der Waals surface area contributed by atoms with Crippen LogP contribution in [0.15, 0.2) is 59.8 Å². The number of hydrogen-bond donors (Lipinski definition) is 0. The molecule has 3 nitrogen and oxygen atoms in total. The molecule has 2 aromatic carbocycles. The molecular formula is C21H21FN2OS. The topological polar surface area (TPSA) is 35.0 Å². The monoisotopic (exact) mass is 368 g/mol. The van der Waals surface area contributed by atoms with Gasteiger partial charge in [0.2, 0.25) is 5.88 Å². The Hall–Kier alpha value is -2.40. The highest BCUT2D eigenvalue weighted by Crippen LogP contribution is 2.28. The van der Waals surface area contributed by atoms with Crippen LogP contribution >= 0.6 is 11.8 Å². The molecule has 1 heterocycles. The van der Waals surface area contributed by atoms with Crippen molar-refractivity contribution in [2.24, 2.45) is 0 Å². The van der Waals surface area contributed by atoms with Gasteiger partial charge in [-0.1, -0.05) is 49.9 Å². The number of hydrogen-bond acceptors (Lipinski definition) is 4. The highest BCUT2D eigenvalue weighted by molar-refractivity contribution is 7.98. The maximum absolute atomic E-state index is 13.0. The number of benzene rings is 2. The lowest BCUT2D eigenvalue weighted by Crippen LogP contribution is -2.00. The van der Waals surface area contributed by atoms with Crippen LogP contribution in [0.4, 0.5) is 4.39 Å². The predicted octanol–water partition coefficient (Wildman–Crippen LogP) is 6.13. The molecule has 0 aliphatic carbocycles. The second kappa shape index (κ2) is 8.32. The molecule has 0 aliphatic heterocycles. The first-order valence-electron chi connectivity index (χ1n) is 8.50. The summed E-state index contributed by atoms with van der Waals surface area (Å²) in [5, 5.41) is 0.656. The van der Waals surface area contributed by atoms with E-state index >= 15 is 0 Å². The lowest BCUT2D eigenvalue weighted by Gasteiger charge is -2.11. The molecule has 0 spiro atoms. The van der Waals surface area contributed by atoms with E-state index in [1.54, 1.807) is 12.1 Å². The molecule has 0 atom stereocenters. The molecule has 0 unspecified atom stereocenters. The Morgan fingerprint density at radius 1 is 1.04 bits per heavy atom. The number of aromatic nitrogens is 2. The molecule has 0 amide bonds. The third-order valence-corrected chi connectivity index (χ3v) is 4.71. The Morgan fingerprint density at radius 2 is 1.81 bits per heavy atom. The minimum Gasteiger partial charge on any atom is -0.439 e. The SMILES string of the molecule is Cc1cccc(Oc2cc(C(C)C)nc(SCc3ccc(F)cc3)n2)c1. The third-order valence-electron chi connectivity index (χ3n) is 3.79. The molecule has 0 saturated heterocycles. The number of thioether (sulfide) groups is 1. The summed E-state index contributed by atoms with van der Waals surface area (Å²) in [5.74, 6) is 2.00. The Labute approximate surface area is 157 Å². The molecule has 3 aromatic rings. The standard InChI is InChI=1S/C21H21FN2OS/c1-14(2)19-12-20(25-18-6-4-5-15(3)11-18)24-21(23-19)26-13-16-7-9-17(22)10-8-16/h4-12,14H,13H2,1-3H3. The Balaban J connectivity index is 1.80. The Morgan fingerprint density at radius 3 is 2.50 bits per heavy atom. The van der Waals surface area contributed by atoms with Crippen molar-refractivity contribution in [3.05, 3.63) is 77.2 Å². The van der Waals surface area contributed by atoms with E-state index in [1.165, 1.54) is 23.9 Å². The van der Waals surface area contributed by atoms with Gasteiger partial charge in [-0.15, -0.1) is 0 Å². The Bertz CT molecular complexity index is 881. The first kappa shape index (κ1) is 18.4. The van der Waals surface area contributed by atoms with Gasteiger partial charge in [0.25, 0.3) is 0 Å². The Kier molecular flexibility index (Phi) is 5.89. The van der Waals surface area contributed by atoms with E-state index in [0.29, 0.717) is 16.8 Å². The summed E-state index contributed by atoms with van der Waals surface area (Å²) in [5.41, 5.74) is 3.09. The summed E-state index contributed by atoms with van der Waals surface area (Å²) in [6.07, 6.45) is 0. The second-order valence-electron chi connectivity index (χ2n) is 6.40. The quantitative estimate of drug-likeness (QED) is 0.387. The normalized spacial score (nSPS) is 11.0. The zero-order valence-corrected chi connectivity index (χ0v) is 15.9. The fourth-order valence-corrected chi connectivity index (χ4v) is 3.17. The van der Waals surface area contributed by atoms with E-state index < -0.39 is 0 Å². The second-order valence-corrected chi connectivity index (χ2v) is 7.34. The van der Waals surface area contributed by atoms with Crippen LogP contribution in [-0.2, 0) is 5.75 Å². The van der Waals surface area contributed by atoms with Gasteiger partial charge in [-0.25, -0.2) is 9.37 Å². The minimum absolute atomic E-state index is 0.231. The summed E-state index contributed by atoms with van der Waals surface area (Å²) in [4.78, 5) is 9.15. The zero-order valence-electron chi connectivity index (χ0n) is 15.1. The number of ether oxygens (including phenoxy) is 1. The summed E-state index contributed by atoms with van der Waals surface area (Å²) in [6.45, 7) is 6.21. The molecule has 134 valence electrons. The summed E-state index contributed by atoms with van der Waals surface area (Å²) < 4.78 is 19.0.